The first kappa shape index (κ1) is 12.1. The topological polar surface area (TPSA) is 46.2 Å². The summed E-state index contributed by atoms with van der Waals surface area (Å²) < 4.78 is 27.2. The molecule has 0 fully saturated rings. The molecule has 4 heteroatoms. The number of hydrogen-bond acceptors (Lipinski definition) is 2. The Morgan fingerprint density at radius 3 is 2.53 bits per heavy atom. The predicted octanol–water partition coefficient (Wildman–Crippen LogP) is 2.02. The molecule has 0 bridgehead atoms. The zero-order chi connectivity index (χ0) is 11.6. The lowest BCUT2D eigenvalue weighted by Gasteiger charge is -2.22. The molecule has 0 spiro atoms. The molecule has 1 aromatic rings. The van der Waals surface area contributed by atoms with Crippen LogP contribution in [0.4, 0.5) is 8.78 Å². The monoisotopic (exact) mass is 215 g/mol. The van der Waals surface area contributed by atoms with Crippen molar-refractivity contribution in [3.63, 3.8) is 0 Å². The molecule has 0 radical (unpaired) electrons. The van der Waals surface area contributed by atoms with Crippen molar-refractivity contribution in [1.29, 1.82) is 0 Å². The number of nitrogens with two attached hydrogens (primary N) is 1. The highest BCUT2D eigenvalue weighted by atomic mass is 19.1. The SMILES string of the molecule is CC(C)(F)c1c(F)cccc1C(O)CN. The molecule has 3 N–H and O–H groups in total. The van der Waals surface area contributed by atoms with Crippen LogP contribution in [0.1, 0.15) is 31.1 Å². The maximum absolute atomic E-state index is 13.7. The molecule has 1 unspecified atom stereocenters. The predicted molar refractivity (Wildman–Crippen MR) is 54.5 cm³/mol. The zero-order valence-corrected chi connectivity index (χ0v) is 8.80. The van der Waals surface area contributed by atoms with Crippen LogP contribution >= 0.6 is 0 Å². The molecule has 2 nitrogen and oxygen atoms in total. The number of halogens is 2. The minimum absolute atomic E-state index is 0.0630. The van der Waals surface area contributed by atoms with Crippen LogP contribution < -0.4 is 5.73 Å². The summed E-state index contributed by atoms with van der Waals surface area (Å²) in [6.45, 7) is 2.43. The summed E-state index contributed by atoms with van der Waals surface area (Å²) in [6.07, 6.45) is -1.04. The largest absolute Gasteiger partial charge is 0.387 e. The number of rotatable bonds is 3. The molecule has 0 heterocycles. The van der Waals surface area contributed by atoms with Gasteiger partial charge in [0, 0.05) is 12.1 Å². The molecule has 1 atom stereocenters. The summed E-state index contributed by atoms with van der Waals surface area (Å²) in [5.41, 5.74) is 3.53. The van der Waals surface area contributed by atoms with Gasteiger partial charge in [-0.25, -0.2) is 8.78 Å². The summed E-state index contributed by atoms with van der Waals surface area (Å²) in [5, 5.41) is 9.54. The van der Waals surface area contributed by atoms with Gasteiger partial charge in [-0.3, -0.25) is 0 Å². The highest BCUT2D eigenvalue weighted by Gasteiger charge is 2.28. The zero-order valence-electron chi connectivity index (χ0n) is 8.80. The van der Waals surface area contributed by atoms with Crippen LogP contribution in [0.15, 0.2) is 18.2 Å². The minimum Gasteiger partial charge on any atom is -0.387 e. The maximum Gasteiger partial charge on any atom is 0.133 e. The molecule has 0 saturated carbocycles. The first-order valence-corrected chi connectivity index (χ1v) is 4.74. The van der Waals surface area contributed by atoms with Gasteiger partial charge in [0.05, 0.1) is 6.10 Å². The van der Waals surface area contributed by atoms with Crippen molar-refractivity contribution >= 4 is 0 Å². The molecular weight excluding hydrogens is 200 g/mol. The van der Waals surface area contributed by atoms with E-state index in [-0.39, 0.29) is 17.7 Å². The van der Waals surface area contributed by atoms with Crippen LogP contribution in [-0.2, 0) is 5.67 Å². The van der Waals surface area contributed by atoms with Gasteiger partial charge >= 0.3 is 0 Å². The van der Waals surface area contributed by atoms with Crippen LogP contribution in [-0.4, -0.2) is 11.7 Å². The molecule has 0 aliphatic rings. The summed E-state index contributed by atoms with van der Waals surface area (Å²) in [4.78, 5) is 0. The van der Waals surface area contributed by atoms with Gasteiger partial charge in [-0.15, -0.1) is 0 Å². The van der Waals surface area contributed by atoms with Crippen LogP contribution in [0, 0.1) is 5.82 Å². The van der Waals surface area contributed by atoms with Crippen molar-refractivity contribution in [3.8, 4) is 0 Å². The second-order valence-corrected chi connectivity index (χ2v) is 3.93. The molecule has 84 valence electrons. The van der Waals surface area contributed by atoms with Crippen LogP contribution in [0.2, 0.25) is 0 Å². The van der Waals surface area contributed by atoms with Gasteiger partial charge in [0.2, 0.25) is 0 Å². The molecule has 1 aromatic carbocycles. The molecule has 0 aromatic heterocycles. The van der Waals surface area contributed by atoms with Crippen molar-refractivity contribution < 1.29 is 13.9 Å². The molecular formula is C11H15F2NO. The Labute approximate surface area is 87.7 Å². The molecule has 0 aliphatic carbocycles. The molecule has 0 amide bonds. The van der Waals surface area contributed by atoms with Gasteiger partial charge < -0.3 is 10.8 Å². The molecule has 15 heavy (non-hydrogen) atoms. The van der Waals surface area contributed by atoms with Crippen molar-refractivity contribution in [2.24, 2.45) is 5.73 Å². The number of aliphatic hydroxyl groups excluding tert-OH is 1. The van der Waals surface area contributed by atoms with E-state index in [4.69, 9.17) is 5.73 Å². The molecule has 1 rings (SSSR count). The standard InChI is InChI=1S/C11H15F2NO/c1-11(2,13)10-7(9(15)6-14)4-3-5-8(10)12/h3-5,9,15H,6,14H2,1-2H3. The third-order valence-corrected chi connectivity index (χ3v) is 2.22. The minimum atomic E-state index is -1.84. The fourth-order valence-electron chi connectivity index (χ4n) is 1.57. The van der Waals surface area contributed by atoms with Gasteiger partial charge in [0.25, 0.3) is 0 Å². The quantitative estimate of drug-likeness (QED) is 0.810. The normalized spacial score (nSPS) is 14.0. The van der Waals surface area contributed by atoms with E-state index in [1.54, 1.807) is 0 Å². The highest BCUT2D eigenvalue weighted by molar-refractivity contribution is 5.34. The van der Waals surface area contributed by atoms with Gasteiger partial charge in [-0.05, 0) is 25.5 Å². The summed E-state index contributed by atoms with van der Waals surface area (Å²) in [6, 6.07) is 4.08. The number of alkyl halides is 1. The van der Waals surface area contributed by atoms with E-state index in [1.165, 1.54) is 32.0 Å². The third-order valence-electron chi connectivity index (χ3n) is 2.22. The Balaban J connectivity index is 3.33. The van der Waals surface area contributed by atoms with Crippen molar-refractivity contribution in [3.05, 3.63) is 35.1 Å². The number of benzene rings is 1. The number of hydrogen-bond donors (Lipinski definition) is 2. The highest BCUT2D eigenvalue weighted by Crippen LogP contribution is 2.33. The first-order valence-electron chi connectivity index (χ1n) is 4.74. The van der Waals surface area contributed by atoms with Gasteiger partial charge in [-0.1, -0.05) is 12.1 Å². The lowest BCUT2D eigenvalue weighted by Crippen LogP contribution is -2.20. The van der Waals surface area contributed by atoms with E-state index >= 15 is 0 Å². The number of aliphatic hydroxyl groups is 1. The van der Waals surface area contributed by atoms with Crippen molar-refractivity contribution in [2.75, 3.05) is 6.54 Å². The summed E-state index contributed by atoms with van der Waals surface area (Å²) in [5.74, 6) is -0.660. The smallest absolute Gasteiger partial charge is 0.133 e. The summed E-state index contributed by atoms with van der Waals surface area (Å²) >= 11 is 0. The van der Waals surface area contributed by atoms with Crippen LogP contribution in [0.25, 0.3) is 0 Å². The first-order chi connectivity index (χ1) is 6.88. The van der Waals surface area contributed by atoms with E-state index in [0.717, 1.165) is 0 Å². The Kier molecular flexibility index (Phi) is 3.42. The van der Waals surface area contributed by atoms with Gasteiger partial charge in [0.1, 0.15) is 11.5 Å². The van der Waals surface area contributed by atoms with Gasteiger partial charge in [-0.2, -0.15) is 0 Å². The lowest BCUT2D eigenvalue weighted by atomic mass is 9.91. The lowest BCUT2D eigenvalue weighted by molar-refractivity contribution is 0.167. The van der Waals surface area contributed by atoms with Crippen molar-refractivity contribution in [1.82, 2.24) is 0 Å². The second kappa shape index (κ2) is 4.24. The second-order valence-electron chi connectivity index (χ2n) is 3.93. The Morgan fingerprint density at radius 2 is 2.07 bits per heavy atom. The van der Waals surface area contributed by atoms with E-state index in [1.807, 2.05) is 0 Å². The maximum atomic E-state index is 13.7. The average Bonchev–Trinajstić information content (AvgIpc) is 2.14. The average molecular weight is 215 g/mol. The van der Waals surface area contributed by atoms with Crippen LogP contribution in [0.3, 0.4) is 0 Å². The van der Waals surface area contributed by atoms with Gasteiger partial charge in [0.15, 0.2) is 0 Å². The van der Waals surface area contributed by atoms with E-state index in [0.29, 0.717) is 0 Å². The third kappa shape index (κ3) is 2.52. The Bertz CT molecular complexity index is 347. The van der Waals surface area contributed by atoms with Crippen LogP contribution in [0.5, 0.6) is 0 Å². The van der Waals surface area contributed by atoms with Crippen molar-refractivity contribution in [2.45, 2.75) is 25.6 Å². The summed E-state index contributed by atoms with van der Waals surface area (Å²) in [7, 11) is 0. The van der Waals surface area contributed by atoms with E-state index in [9.17, 15) is 13.9 Å². The van der Waals surface area contributed by atoms with E-state index < -0.39 is 17.6 Å². The Hall–Kier alpha value is -1.00. The van der Waals surface area contributed by atoms with E-state index in [2.05, 4.69) is 0 Å². The fourth-order valence-corrected chi connectivity index (χ4v) is 1.57. The fraction of sp³-hybridized carbons (Fsp3) is 0.455. The Morgan fingerprint density at radius 1 is 1.47 bits per heavy atom. The molecule has 0 saturated heterocycles. The molecule has 0 aliphatic heterocycles.